The number of aromatic nitrogens is 2. The van der Waals surface area contributed by atoms with Gasteiger partial charge < -0.3 is 18.9 Å². The number of methoxy groups -OCH3 is 4. The number of hydrogen-bond acceptors (Lipinski definition) is 8. The van der Waals surface area contributed by atoms with Gasteiger partial charge in [-0.15, -0.1) is 10.2 Å². The van der Waals surface area contributed by atoms with Crippen molar-refractivity contribution in [2.75, 3.05) is 33.8 Å². The third kappa shape index (κ3) is 4.91. The summed E-state index contributed by atoms with van der Waals surface area (Å²) in [4.78, 5) is 12.0. The molecule has 0 atom stereocenters. The lowest BCUT2D eigenvalue weighted by molar-refractivity contribution is -0.111. The maximum Gasteiger partial charge on any atom is 0.250 e. The van der Waals surface area contributed by atoms with Crippen LogP contribution in [-0.2, 0) is 16.1 Å². The van der Waals surface area contributed by atoms with Crippen LogP contribution >= 0.6 is 11.3 Å². The van der Waals surface area contributed by atoms with E-state index in [0.29, 0.717) is 34.0 Å². The van der Waals surface area contributed by atoms with Gasteiger partial charge >= 0.3 is 0 Å². The van der Waals surface area contributed by atoms with Crippen LogP contribution in [0, 0.1) is 0 Å². The van der Waals surface area contributed by atoms with Crippen LogP contribution in [0.2, 0.25) is 0 Å². The summed E-state index contributed by atoms with van der Waals surface area (Å²) in [5, 5.41) is 11.5. The molecule has 134 valence electrons. The second-order valence-corrected chi connectivity index (χ2v) is 5.78. The highest BCUT2D eigenvalue weighted by Gasteiger charge is 2.12. The molecule has 8 nitrogen and oxygen atoms in total. The molecule has 9 heteroatoms. The summed E-state index contributed by atoms with van der Waals surface area (Å²) in [7, 11) is 6.16. The van der Waals surface area contributed by atoms with Gasteiger partial charge in [0, 0.05) is 13.2 Å². The summed E-state index contributed by atoms with van der Waals surface area (Å²) in [5.41, 5.74) is 0.724. The van der Waals surface area contributed by atoms with Gasteiger partial charge in [0.15, 0.2) is 11.5 Å². The predicted octanol–water partition coefficient (Wildman–Crippen LogP) is 2.36. The van der Waals surface area contributed by atoms with Gasteiger partial charge in [-0.3, -0.25) is 10.1 Å². The molecule has 1 amide bonds. The summed E-state index contributed by atoms with van der Waals surface area (Å²) >= 11 is 1.25. The summed E-state index contributed by atoms with van der Waals surface area (Å²) in [5.74, 6) is 1.19. The smallest absolute Gasteiger partial charge is 0.250 e. The molecule has 1 aromatic heterocycles. The number of nitrogens with one attached hydrogen (secondary N) is 1. The highest BCUT2D eigenvalue weighted by molar-refractivity contribution is 7.15. The second kappa shape index (κ2) is 9.00. The van der Waals surface area contributed by atoms with E-state index in [9.17, 15) is 4.79 Å². The van der Waals surface area contributed by atoms with E-state index in [0.717, 1.165) is 5.56 Å². The number of anilines is 1. The molecule has 0 bridgehead atoms. The molecule has 0 saturated heterocycles. The molecule has 1 aromatic carbocycles. The van der Waals surface area contributed by atoms with Crippen molar-refractivity contribution in [3.8, 4) is 17.2 Å². The first-order chi connectivity index (χ1) is 12.1. The molecule has 0 radical (unpaired) electrons. The molecule has 25 heavy (non-hydrogen) atoms. The van der Waals surface area contributed by atoms with E-state index >= 15 is 0 Å². The highest BCUT2D eigenvalue weighted by atomic mass is 32.1. The Kier molecular flexibility index (Phi) is 6.72. The van der Waals surface area contributed by atoms with Crippen molar-refractivity contribution in [1.82, 2.24) is 10.2 Å². The molecule has 0 aliphatic heterocycles. The van der Waals surface area contributed by atoms with Crippen LogP contribution in [0.1, 0.15) is 10.6 Å². The summed E-state index contributed by atoms with van der Waals surface area (Å²) in [6.07, 6.45) is 3.02. The fourth-order valence-electron chi connectivity index (χ4n) is 2.00. The van der Waals surface area contributed by atoms with Crippen LogP contribution in [0.3, 0.4) is 0 Å². The maximum atomic E-state index is 12.0. The Morgan fingerprint density at radius 2 is 1.80 bits per heavy atom. The lowest BCUT2D eigenvalue weighted by Crippen LogP contribution is -2.07. The van der Waals surface area contributed by atoms with Gasteiger partial charge in [0.1, 0.15) is 11.6 Å². The van der Waals surface area contributed by atoms with Crippen LogP contribution in [-0.4, -0.2) is 44.5 Å². The SMILES string of the molecule is COCc1nnc(NC(=O)/C=C/c2cc(OC)c(OC)c(OC)c2)s1. The van der Waals surface area contributed by atoms with Crippen molar-refractivity contribution >= 4 is 28.5 Å². The van der Waals surface area contributed by atoms with E-state index in [1.54, 1.807) is 25.3 Å². The topological polar surface area (TPSA) is 91.8 Å². The fourth-order valence-corrected chi connectivity index (χ4v) is 2.72. The van der Waals surface area contributed by atoms with E-state index in [2.05, 4.69) is 15.5 Å². The third-order valence-electron chi connectivity index (χ3n) is 3.08. The average molecular weight is 365 g/mol. The largest absolute Gasteiger partial charge is 0.493 e. The third-order valence-corrected chi connectivity index (χ3v) is 3.89. The number of rotatable bonds is 8. The summed E-state index contributed by atoms with van der Waals surface area (Å²) in [6, 6.07) is 3.49. The molecular weight excluding hydrogens is 346 g/mol. The Morgan fingerprint density at radius 3 is 2.36 bits per heavy atom. The number of ether oxygens (including phenoxy) is 4. The Morgan fingerprint density at radius 1 is 1.12 bits per heavy atom. The van der Waals surface area contributed by atoms with E-state index in [1.165, 1.54) is 38.7 Å². The lowest BCUT2D eigenvalue weighted by atomic mass is 10.1. The monoisotopic (exact) mass is 365 g/mol. The zero-order valence-electron chi connectivity index (χ0n) is 14.4. The average Bonchev–Trinajstić information content (AvgIpc) is 3.06. The first kappa shape index (κ1) is 18.7. The first-order valence-electron chi connectivity index (χ1n) is 7.21. The minimum Gasteiger partial charge on any atom is -0.493 e. The highest BCUT2D eigenvalue weighted by Crippen LogP contribution is 2.38. The van der Waals surface area contributed by atoms with Crippen LogP contribution in [0.5, 0.6) is 17.2 Å². The van der Waals surface area contributed by atoms with E-state index in [-0.39, 0.29) is 5.91 Å². The summed E-state index contributed by atoms with van der Waals surface area (Å²) < 4.78 is 20.8. The summed E-state index contributed by atoms with van der Waals surface area (Å²) in [6.45, 7) is 0.356. The first-order valence-corrected chi connectivity index (χ1v) is 8.03. The number of amides is 1. The van der Waals surface area contributed by atoms with Gasteiger partial charge in [0.05, 0.1) is 21.3 Å². The van der Waals surface area contributed by atoms with Crippen molar-refractivity contribution < 1.29 is 23.7 Å². The van der Waals surface area contributed by atoms with Gasteiger partial charge in [0.25, 0.3) is 0 Å². The number of benzene rings is 1. The number of hydrogen-bond donors (Lipinski definition) is 1. The molecule has 0 aliphatic rings. The van der Waals surface area contributed by atoms with Crippen LogP contribution in [0.15, 0.2) is 18.2 Å². The quantitative estimate of drug-likeness (QED) is 0.718. The molecule has 1 N–H and O–H groups in total. The number of carbonyl (C=O) groups is 1. The molecule has 0 fully saturated rings. The predicted molar refractivity (Wildman–Crippen MR) is 94.4 cm³/mol. The lowest BCUT2D eigenvalue weighted by Gasteiger charge is -2.12. The Balaban J connectivity index is 2.10. The van der Waals surface area contributed by atoms with Crippen molar-refractivity contribution in [3.63, 3.8) is 0 Å². The van der Waals surface area contributed by atoms with Crippen LogP contribution < -0.4 is 19.5 Å². The Bertz CT molecular complexity index is 735. The molecular formula is C16H19N3O5S. The molecule has 2 aromatic rings. The molecule has 0 unspecified atom stereocenters. The zero-order valence-corrected chi connectivity index (χ0v) is 15.2. The number of carbonyl (C=O) groups excluding carboxylic acids is 1. The number of nitrogens with zero attached hydrogens (tertiary/aromatic N) is 2. The van der Waals surface area contributed by atoms with Crippen molar-refractivity contribution in [1.29, 1.82) is 0 Å². The van der Waals surface area contributed by atoms with E-state index in [4.69, 9.17) is 18.9 Å². The van der Waals surface area contributed by atoms with Gasteiger partial charge in [-0.2, -0.15) is 0 Å². The Hall–Kier alpha value is -2.65. The molecule has 0 spiro atoms. The molecule has 1 heterocycles. The fraction of sp³-hybridized carbons (Fsp3) is 0.312. The second-order valence-electron chi connectivity index (χ2n) is 4.72. The maximum absolute atomic E-state index is 12.0. The van der Waals surface area contributed by atoms with Crippen LogP contribution in [0.4, 0.5) is 5.13 Å². The zero-order chi connectivity index (χ0) is 18.2. The van der Waals surface area contributed by atoms with Gasteiger partial charge in [-0.25, -0.2) is 0 Å². The van der Waals surface area contributed by atoms with Crippen molar-refractivity contribution in [3.05, 3.63) is 28.8 Å². The minimum absolute atomic E-state index is 0.325. The minimum atomic E-state index is -0.325. The van der Waals surface area contributed by atoms with Crippen molar-refractivity contribution in [2.45, 2.75) is 6.61 Å². The van der Waals surface area contributed by atoms with Crippen LogP contribution in [0.25, 0.3) is 6.08 Å². The normalized spacial score (nSPS) is 10.7. The van der Waals surface area contributed by atoms with Gasteiger partial charge in [-0.1, -0.05) is 11.3 Å². The molecule has 0 saturated carbocycles. The van der Waals surface area contributed by atoms with E-state index in [1.807, 2.05) is 0 Å². The Labute approximate surface area is 149 Å². The molecule has 2 rings (SSSR count). The molecule has 0 aliphatic carbocycles. The van der Waals surface area contributed by atoms with Crippen molar-refractivity contribution in [2.24, 2.45) is 0 Å². The van der Waals surface area contributed by atoms with E-state index < -0.39 is 0 Å². The van der Waals surface area contributed by atoms with Gasteiger partial charge in [0.2, 0.25) is 16.8 Å². The standard InChI is InChI=1S/C16H19N3O5S/c1-21-9-14-18-19-16(25-14)17-13(20)6-5-10-7-11(22-2)15(24-4)12(8-10)23-3/h5-8H,9H2,1-4H3,(H,17,19,20)/b6-5+. The van der Waals surface area contributed by atoms with Gasteiger partial charge in [-0.05, 0) is 23.8 Å².